The van der Waals surface area contributed by atoms with Gasteiger partial charge in [0.15, 0.2) is 6.29 Å². The maximum atomic E-state index is 11.0. The molecule has 0 amide bonds. The highest BCUT2D eigenvalue weighted by molar-refractivity contribution is 6.32. The Kier molecular flexibility index (Phi) is 3.39. The summed E-state index contributed by atoms with van der Waals surface area (Å²) >= 11 is 6.08. The van der Waals surface area contributed by atoms with E-state index in [1.54, 1.807) is 30.8 Å². The van der Waals surface area contributed by atoms with Gasteiger partial charge in [-0.15, -0.1) is 0 Å². The Morgan fingerprint density at radius 1 is 1.39 bits per heavy atom. The molecular weight excluding hydrogens is 252 g/mol. The molecule has 0 radical (unpaired) electrons. The maximum Gasteiger partial charge on any atom is 0.153 e. The van der Waals surface area contributed by atoms with Gasteiger partial charge in [0.2, 0.25) is 0 Å². The van der Waals surface area contributed by atoms with Crippen molar-refractivity contribution in [2.75, 3.05) is 7.11 Å². The van der Waals surface area contributed by atoms with Crippen LogP contribution in [-0.2, 0) is 0 Å². The monoisotopic (exact) mass is 264 g/mol. The van der Waals surface area contributed by atoms with E-state index in [4.69, 9.17) is 16.3 Å². The van der Waals surface area contributed by atoms with Crippen LogP contribution in [0.4, 0.5) is 0 Å². The molecule has 2 aromatic rings. The molecule has 0 saturated heterocycles. The second kappa shape index (κ2) is 4.82. The average molecular weight is 265 g/mol. The van der Waals surface area contributed by atoms with Gasteiger partial charge in [0.1, 0.15) is 5.75 Å². The van der Waals surface area contributed by atoms with Crippen molar-refractivity contribution in [3.05, 3.63) is 40.2 Å². The average Bonchev–Trinajstić information content (AvgIpc) is 2.64. The van der Waals surface area contributed by atoms with Gasteiger partial charge in [-0.05, 0) is 32.0 Å². The molecule has 0 fully saturated rings. The molecule has 0 aliphatic carbocycles. The fourth-order valence-electron chi connectivity index (χ4n) is 1.86. The Morgan fingerprint density at radius 3 is 2.61 bits per heavy atom. The summed E-state index contributed by atoms with van der Waals surface area (Å²) in [5.41, 5.74) is 2.91. The summed E-state index contributed by atoms with van der Waals surface area (Å²) in [7, 11) is 1.56. The van der Waals surface area contributed by atoms with E-state index in [-0.39, 0.29) is 0 Å². The van der Waals surface area contributed by atoms with Crippen molar-refractivity contribution in [2.24, 2.45) is 0 Å². The molecule has 0 N–H and O–H groups in total. The first-order valence-electron chi connectivity index (χ1n) is 5.43. The summed E-state index contributed by atoms with van der Waals surface area (Å²) < 4.78 is 6.80. The van der Waals surface area contributed by atoms with Crippen LogP contribution in [0.25, 0.3) is 5.69 Å². The third-order valence-electron chi connectivity index (χ3n) is 2.85. The van der Waals surface area contributed by atoms with Crippen molar-refractivity contribution in [1.82, 2.24) is 9.78 Å². The lowest BCUT2D eigenvalue weighted by atomic mass is 10.2. The molecule has 0 atom stereocenters. The highest BCUT2D eigenvalue weighted by Crippen LogP contribution is 2.27. The third kappa shape index (κ3) is 1.99. The summed E-state index contributed by atoms with van der Waals surface area (Å²) in [6.45, 7) is 3.65. The maximum absolute atomic E-state index is 11.0. The minimum Gasteiger partial charge on any atom is -0.495 e. The summed E-state index contributed by atoms with van der Waals surface area (Å²) in [6.07, 6.45) is 0.819. The van der Waals surface area contributed by atoms with Crippen molar-refractivity contribution >= 4 is 17.9 Å². The number of ether oxygens (including phenoxy) is 1. The first kappa shape index (κ1) is 12.6. The SMILES string of the molecule is COc1ccc(-n2nc(C)c(C=O)c2C)cc1Cl. The predicted molar refractivity (Wildman–Crippen MR) is 70.0 cm³/mol. The van der Waals surface area contributed by atoms with E-state index in [0.29, 0.717) is 22.0 Å². The topological polar surface area (TPSA) is 44.1 Å². The number of halogens is 1. The van der Waals surface area contributed by atoms with Crippen molar-refractivity contribution in [1.29, 1.82) is 0 Å². The summed E-state index contributed by atoms with van der Waals surface area (Å²) in [5.74, 6) is 0.609. The Hall–Kier alpha value is -1.81. The Labute approximate surface area is 110 Å². The number of carbonyl (C=O) groups is 1. The van der Waals surface area contributed by atoms with Gasteiger partial charge in [0, 0.05) is 0 Å². The van der Waals surface area contributed by atoms with Gasteiger partial charge in [0.05, 0.1) is 34.8 Å². The summed E-state index contributed by atoms with van der Waals surface area (Å²) in [6, 6.07) is 5.38. The van der Waals surface area contributed by atoms with E-state index >= 15 is 0 Å². The number of rotatable bonds is 3. The number of aldehydes is 1. The van der Waals surface area contributed by atoms with Crippen LogP contribution in [0.3, 0.4) is 0 Å². The molecule has 0 unspecified atom stereocenters. The molecule has 0 spiro atoms. The molecule has 0 aliphatic rings. The number of aromatic nitrogens is 2. The number of nitrogens with zero attached hydrogens (tertiary/aromatic N) is 2. The van der Waals surface area contributed by atoms with Gasteiger partial charge >= 0.3 is 0 Å². The van der Waals surface area contributed by atoms with Crippen LogP contribution in [-0.4, -0.2) is 23.2 Å². The first-order valence-corrected chi connectivity index (χ1v) is 5.81. The number of hydrogen-bond acceptors (Lipinski definition) is 3. The third-order valence-corrected chi connectivity index (χ3v) is 3.14. The fraction of sp³-hybridized carbons (Fsp3) is 0.231. The zero-order valence-electron chi connectivity index (χ0n) is 10.4. The number of benzene rings is 1. The quantitative estimate of drug-likeness (QED) is 0.801. The number of aryl methyl sites for hydroxylation is 1. The van der Waals surface area contributed by atoms with Crippen LogP contribution in [0.2, 0.25) is 5.02 Å². The lowest BCUT2D eigenvalue weighted by molar-refractivity contribution is 0.112. The van der Waals surface area contributed by atoms with E-state index < -0.39 is 0 Å². The predicted octanol–water partition coefficient (Wildman–Crippen LogP) is 2.96. The largest absolute Gasteiger partial charge is 0.495 e. The molecule has 2 rings (SSSR count). The number of carbonyl (C=O) groups excluding carboxylic acids is 1. The molecule has 0 aliphatic heterocycles. The molecular formula is C13H13ClN2O2. The molecule has 5 heteroatoms. The van der Waals surface area contributed by atoms with Gasteiger partial charge in [-0.2, -0.15) is 5.10 Å². The minimum absolute atomic E-state index is 0.509. The standard InChI is InChI=1S/C13H13ClN2O2/c1-8-11(7-17)9(2)16(15-8)10-4-5-13(18-3)12(14)6-10/h4-7H,1-3H3. The molecule has 94 valence electrons. The van der Waals surface area contributed by atoms with Crippen molar-refractivity contribution in [3.63, 3.8) is 0 Å². The van der Waals surface area contributed by atoms with Gasteiger partial charge in [0.25, 0.3) is 0 Å². The van der Waals surface area contributed by atoms with Crippen molar-refractivity contribution in [2.45, 2.75) is 13.8 Å². The molecule has 1 heterocycles. The lowest BCUT2D eigenvalue weighted by Gasteiger charge is -2.07. The highest BCUT2D eigenvalue weighted by atomic mass is 35.5. The van der Waals surface area contributed by atoms with E-state index in [2.05, 4.69) is 5.10 Å². The van der Waals surface area contributed by atoms with Gasteiger partial charge in [-0.1, -0.05) is 11.6 Å². The van der Waals surface area contributed by atoms with E-state index in [1.165, 1.54) is 0 Å². The van der Waals surface area contributed by atoms with Crippen LogP contribution < -0.4 is 4.74 Å². The number of methoxy groups -OCH3 is 1. The highest BCUT2D eigenvalue weighted by Gasteiger charge is 2.12. The second-order valence-corrected chi connectivity index (χ2v) is 4.34. The van der Waals surface area contributed by atoms with Crippen LogP contribution >= 0.6 is 11.6 Å². The Balaban J connectivity index is 2.55. The van der Waals surface area contributed by atoms with E-state index in [1.807, 2.05) is 13.0 Å². The zero-order chi connectivity index (χ0) is 13.3. The van der Waals surface area contributed by atoms with E-state index in [0.717, 1.165) is 17.7 Å². The molecule has 4 nitrogen and oxygen atoms in total. The molecule has 18 heavy (non-hydrogen) atoms. The molecule has 0 bridgehead atoms. The fourth-order valence-corrected chi connectivity index (χ4v) is 2.12. The lowest BCUT2D eigenvalue weighted by Crippen LogP contribution is -2.00. The van der Waals surface area contributed by atoms with Crippen LogP contribution in [0, 0.1) is 13.8 Å². The van der Waals surface area contributed by atoms with Gasteiger partial charge < -0.3 is 4.74 Å². The Bertz CT molecular complexity index is 605. The number of hydrogen-bond donors (Lipinski definition) is 0. The summed E-state index contributed by atoms with van der Waals surface area (Å²) in [4.78, 5) is 11.0. The molecule has 1 aromatic carbocycles. The van der Waals surface area contributed by atoms with Crippen molar-refractivity contribution < 1.29 is 9.53 Å². The van der Waals surface area contributed by atoms with Crippen molar-refractivity contribution in [3.8, 4) is 11.4 Å². The zero-order valence-corrected chi connectivity index (χ0v) is 11.2. The normalized spacial score (nSPS) is 10.4. The van der Waals surface area contributed by atoms with E-state index in [9.17, 15) is 4.79 Å². The molecule has 0 saturated carbocycles. The van der Waals surface area contributed by atoms with Crippen LogP contribution in [0.15, 0.2) is 18.2 Å². The van der Waals surface area contributed by atoms with Gasteiger partial charge in [-0.3, -0.25) is 4.79 Å². The Morgan fingerprint density at radius 2 is 2.11 bits per heavy atom. The van der Waals surface area contributed by atoms with Crippen LogP contribution in [0.5, 0.6) is 5.75 Å². The van der Waals surface area contributed by atoms with Gasteiger partial charge in [-0.25, -0.2) is 4.68 Å². The second-order valence-electron chi connectivity index (χ2n) is 3.93. The van der Waals surface area contributed by atoms with Crippen LogP contribution in [0.1, 0.15) is 21.7 Å². The summed E-state index contributed by atoms with van der Waals surface area (Å²) in [5, 5.41) is 4.84. The minimum atomic E-state index is 0.509. The smallest absolute Gasteiger partial charge is 0.153 e. The first-order chi connectivity index (χ1) is 8.58. The molecule has 1 aromatic heterocycles.